The van der Waals surface area contributed by atoms with Gasteiger partial charge in [0.15, 0.2) is 5.83 Å². The smallest absolute Gasteiger partial charge is 0.442 e. The molecular weight excluding hydrogens is 414 g/mol. The first-order chi connectivity index (χ1) is 14.5. The van der Waals surface area contributed by atoms with Crippen molar-refractivity contribution >= 4 is 5.97 Å². The maximum Gasteiger partial charge on any atom is 0.442 e. The van der Waals surface area contributed by atoms with Crippen LogP contribution in [-0.4, -0.2) is 12.1 Å². The summed E-state index contributed by atoms with van der Waals surface area (Å²) in [5.74, 6) is -4.08. The number of carbonyl (C=O) groups excluding carboxylic acids is 1. The number of benzene rings is 2. The molecule has 0 aromatic heterocycles. The van der Waals surface area contributed by atoms with Crippen molar-refractivity contribution in [3.8, 4) is 17.6 Å². The maximum absolute atomic E-state index is 13.3. The van der Waals surface area contributed by atoms with Crippen LogP contribution in [0.5, 0.6) is 11.5 Å². The monoisotopic (exact) mass is 433 g/mol. The van der Waals surface area contributed by atoms with Gasteiger partial charge in [-0.25, -0.2) is 4.39 Å². The van der Waals surface area contributed by atoms with Gasteiger partial charge in [-0.15, -0.1) is 0 Å². The first-order valence-electron chi connectivity index (χ1n) is 9.41. The molecule has 2 aromatic carbocycles. The Kier molecular flexibility index (Phi) is 6.07. The molecule has 1 saturated carbocycles. The lowest BCUT2D eigenvalue weighted by atomic mass is 10.1. The molecular formula is C23H19F4NO3. The predicted molar refractivity (Wildman–Crippen MR) is 103 cm³/mol. The lowest BCUT2D eigenvalue weighted by Crippen LogP contribution is -2.14. The summed E-state index contributed by atoms with van der Waals surface area (Å²) in [5, 5.41) is 9.47. The van der Waals surface area contributed by atoms with Gasteiger partial charge in [0.2, 0.25) is 6.10 Å². The zero-order chi connectivity index (χ0) is 22.8. The quantitative estimate of drug-likeness (QED) is 0.398. The van der Waals surface area contributed by atoms with E-state index in [9.17, 15) is 27.6 Å². The molecule has 0 heterocycles. The molecule has 3 rings (SSSR count). The van der Waals surface area contributed by atoms with Crippen molar-refractivity contribution in [3.05, 3.63) is 72.1 Å². The van der Waals surface area contributed by atoms with Crippen molar-refractivity contribution in [2.75, 3.05) is 0 Å². The molecule has 1 aliphatic rings. The van der Waals surface area contributed by atoms with Gasteiger partial charge in [0.1, 0.15) is 17.6 Å². The fraction of sp³-hybridized carbons (Fsp3) is 0.304. The first-order valence-corrected chi connectivity index (χ1v) is 9.41. The molecule has 2 aromatic rings. The zero-order valence-electron chi connectivity index (χ0n) is 16.7. The molecule has 0 spiro atoms. The standard InChI is InChI=1S/C23H19F4NO3/c1-22(2)17(12-19(24)23(25,26)27)20(22)21(29)31-18(13-28)14-7-6-10-16(11-14)30-15-8-4-3-5-9-15/h3-12,17-18,20H,1-2H3. The van der Waals surface area contributed by atoms with Crippen LogP contribution in [0.25, 0.3) is 0 Å². The highest BCUT2D eigenvalue weighted by Crippen LogP contribution is 2.60. The Labute approximate surface area is 176 Å². The highest BCUT2D eigenvalue weighted by atomic mass is 19.4. The molecule has 0 radical (unpaired) electrons. The Hall–Kier alpha value is -3.34. The van der Waals surface area contributed by atoms with Crippen LogP contribution in [0.1, 0.15) is 25.5 Å². The lowest BCUT2D eigenvalue weighted by molar-refractivity contribution is -0.149. The van der Waals surface area contributed by atoms with Crippen LogP contribution in [0.4, 0.5) is 17.6 Å². The summed E-state index contributed by atoms with van der Waals surface area (Å²) in [5.41, 5.74) is -0.575. The number of hydrogen-bond donors (Lipinski definition) is 0. The van der Waals surface area contributed by atoms with Gasteiger partial charge >= 0.3 is 12.1 Å². The van der Waals surface area contributed by atoms with Crippen LogP contribution in [0, 0.1) is 28.6 Å². The van der Waals surface area contributed by atoms with Gasteiger partial charge in [-0.05, 0) is 41.7 Å². The molecule has 31 heavy (non-hydrogen) atoms. The Bertz CT molecular complexity index is 1030. The van der Waals surface area contributed by atoms with E-state index in [1.54, 1.807) is 56.3 Å². The largest absolute Gasteiger partial charge is 0.457 e. The highest BCUT2D eigenvalue weighted by Gasteiger charge is 2.62. The van der Waals surface area contributed by atoms with Gasteiger partial charge < -0.3 is 9.47 Å². The van der Waals surface area contributed by atoms with Crippen LogP contribution in [0.3, 0.4) is 0 Å². The molecule has 162 valence electrons. The summed E-state index contributed by atoms with van der Waals surface area (Å²) in [6, 6.07) is 17.2. The topological polar surface area (TPSA) is 59.3 Å². The number of esters is 1. The molecule has 3 atom stereocenters. The summed E-state index contributed by atoms with van der Waals surface area (Å²) in [4.78, 5) is 12.5. The minimum atomic E-state index is -5.11. The molecule has 0 saturated heterocycles. The van der Waals surface area contributed by atoms with E-state index < -0.39 is 41.3 Å². The molecule has 0 bridgehead atoms. The van der Waals surface area contributed by atoms with Crippen molar-refractivity contribution in [1.29, 1.82) is 5.26 Å². The lowest BCUT2D eigenvalue weighted by Gasteiger charge is -2.13. The van der Waals surface area contributed by atoms with Crippen LogP contribution >= 0.6 is 0 Å². The highest BCUT2D eigenvalue weighted by molar-refractivity contribution is 5.78. The number of para-hydroxylation sites is 1. The Balaban J connectivity index is 1.72. The van der Waals surface area contributed by atoms with Gasteiger partial charge in [-0.3, -0.25) is 4.79 Å². The number of hydrogen-bond acceptors (Lipinski definition) is 4. The van der Waals surface area contributed by atoms with Crippen molar-refractivity contribution in [2.45, 2.75) is 26.1 Å². The fourth-order valence-electron chi connectivity index (χ4n) is 3.42. The van der Waals surface area contributed by atoms with Gasteiger partial charge in [0, 0.05) is 5.56 Å². The summed E-state index contributed by atoms with van der Waals surface area (Å²) >= 11 is 0. The van der Waals surface area contributed by atoms with E-state index in [1.165, 1.54) is 6.07 Å². The third kappa shape index (κ3) is 5.05. The van der Waals surface area contributed by atoms with E-state index in [0.717, 1.165) is 0 Å². The van der Waals surface area contributed by atoms with E-state index in [2.05, 4.69) is 0 Å². The Morgan fingerprint density at radius 1 is 1.13 bits per heavy atom. The fourth-order valence-corrected chi connectivity index (χ4v) is 3.42. The minimum absolute atomic E-state index is 0.344. The second-order valence-corrected chi connectivity index (χ2v) is 7.77. The molecule has 0 aliphatic heterocycles. The molecule has 4 nitrogen and oxygen atoms in total. The first kappa shape index (κ1) is 22.3. The maximum atomic E-state index is 13.3. The van der Waals surface area contributed by atoms with Crippen molar-refractivity contribution in [3.63, 3.8) is 0 Å². The molecule has 3 unspecified atom stereocenters. The summed E-state index contributed by atoms with van der Waals surface area (Å²) < 4.78 is 61.7. The number of allylic oxidation sites excluding steroid dienone is 2. The Morgan fingerprint density at radius 2 is 1.77 bits per heavy atom. The van der Waals surface area contributed by atoms with Crippen LogP contribution in [0.15, 0.2) is 66.5 Å². The van der Waals surface area contributed by atoms with Crippen LogP contribution in [0.2, 0.25) is 0 Å². The number of halogens is 4. The second-order valence-electron chi connectivity index (χ2n) is 7.77. The number of ether oxygens (including phenoxy) is 2. The third-order valence-corrected chi connectivity index (χ3v) is 5.25. The summed E-state index contributed by atoms with van der Waals surface area (Å²) in [6.45, 7) is 3.08. The van der Waals surface area contributed by atoms with E-state index in [1.807, 2.05) is 12.1 Å². The molecule has 0 amide bonds. The zero-order valence-corrected chi connectivity index (χ0v) is 16.7. The second kappa shape index (κ2) is 8.42. The number of alkyl halides is 3. The predicted octanol–water partition coefficient (Wildman–Crippen LogP) is 6.27. The number of nitrogens with zero attached hydrogens (tertiary/aromatic N) is 1. The normalized spacial score (nSPS) is 21.0. The average molecular weight is 433 g/mol. The average Bonchev–Trinajstić information content (AvgIpc) is 3.26. The van der Waals surface area contributed by atoms with E-state index in [-0.39, 0.29) is 0 Å². The van der Waals surface area contributed by atoms with Crippen molar-refractivity contribution < 1.29 is 31.8 Å². The summed E-state index contributed by atoms with van der Waals surface area (Å²) in [6.07, 6.45) is -6.00. The van der Waals surface area contributed by atoms with E-state index in [0.29, 0.717) is 23.1 Å². The molecule has 8 heteroatoms. The minimum Gasteiger partial charge on any atom is -0.457 e. The van der Waals surface area contributed by atoms with E-state index in [4.69, 9.17) is 9.47 Å². The van der Waals surface area contributed by atoms with Gasteiger partial charge in [-0.1, -0.05) is 44.2 Å². The molecule has 1 fully saturated rings. The van der Waals surface area contributed by atoms with E-state index >= 15 is 0 Å². The number of carbonyl (C=O) groups is 1. The number of rotatable bonds is 6. The van der Waals surface area contributed by atoms with Crippen LogP contribution in [-0.2, 0) is 9.53 Å². The van der Waals surface area contributed by atoms with Crippen molar-refractivity contribution in [2.24, 2.45) is 17.3 Å². The SMILES string of the molecule is CC1(C)C(C=C(F)C(F)(F)F)C1C(=O)OC(C#N)c1cccc(Oc2ccccc2)c1. The molecule has 1 aliphatic carbocycles. The molecule has 0 N–H and O–H groups in total. The van der Waals surface area contributed by atoms with Gasteiger partial charge in [0.05, 0.1) is 5.92 Å². The van der Waals surface area contributed by atoms with Crippen LogP contribution < -0.4 is 4.74 Å². The number of nitriles is 1. The summed E-state index contributed by atoms with van der Waals surface area (Å²) in [7, 11) is 0. The van der Waals surface area contributed by atoms with Crippen molar-refractivity contribution in [1.82, 2.24) is 0 Å². The third-order valence-electron chi connectivity index (χ3n) is 5.25. The van der Waals surface area contributed by atoms with Gasteiger partial charge in [0.25, 0.3) is 0 Å². The Morgan fingerprint density at radius 3 is 2.39 bits per heavy atom. The van der Waals surface area contributed by atoms with Gasteiger partial charge in [-0.2, -0.15) is 18.4 Å².